The van der Waals surface area contributed by atoms with E-state index in [9.17, 15) is 4.79 Å². The first-order valence-electron chi connectivity index (χ1n) is 11.3. The van der Waals surface area contributed by atoms with Crippen LogP contribution < -0.4 is 5.32 Å². The zero-order chi connectivity index (χ0) is 23.4. The first-order chi connectivity index (χ1) is 14.6. The Hall–Kier alpha value is -0.770. The number of amides is 1. The highest BCUT2D eigenvalue weighted by atomic mass is 16.6. The molecule has 0 radical (unpaired) electrons. The number of ether oxygens (including phenoxy) is 6. The van der Waals surface area contributed by atoms with Crippen LogP contribution in [0.4, 0.5) is 0 Å². The molecule has 0 unspecified atom stereocenters. The average molecular weight is 450 g/mol. The summed E-state index contributed by atoms with van der Waals surface area (Å²) in [5, 5.41) is 2.75. The monoisotopic (exact) mass is 449 g/mol. The summed E-state index contributed by atoms with van der Waals surface area (Å²) in [5.41, 5.74) is 0.462. The minimum atomic E-state index is -0.163. The summed E-state index contributed by atoms with van der Waals surface area (Å²) in [6.07, 6.45) is 1.02. The van der Waals surface area contributed by atoms with Crippen LogP contribution in [0.15, 0.2) is 0 Å². The van der Waals surface area contributed by atoms with Gasteiger partial charge in [-0.1, -0.05) is 41.5 Å². The molecule has 0 heterocycles. The molecule has 0 bridgehead atoms. The van der Waals surface area contributed by atoms with Crippen molar-refractivity contribution in [1.82, 2.24) is 5.32 Å². The fourth-order valence-corrected chi connectivity index (χ4v) is 2.11. The second kappa shape index (κ2) is 18.8. The fourth-order valence-electron chi connectivity index (χ4n) is 2.11. The molecular formula is C23H47NO7. The molecule has 0 aromatic rings. The van der Waals surface area contributed by atoms with Crippen LogP contribution in [0.5, 0.6) is 0 Å². The van der Waals surface area contributed by atoms with Crippen LogP contribution in [-0.2, 0) is 33.2 Å². The van der Waals surface area contributed by atoms with Crippen molar-refractivity contribution in [2.75, 3.05) is 85.8 Å². The third-order valence-electron chi connectivity index (χ3n) is 3.82. The third kappa shape index (κ3) is 27.2. The standard InChI is InChI=1S/C23H47NO7/c1-22(2,3)7-9-26-11-12-27-10-8-24-21(25)19-30-17-15-28-13-14-29-16-18-31-20-23(4,5)6/h7-20H2,1-6H3,(H,24,25). The summed E-state index contributed by atoms with van der Waals surface area (Å²) in [6, 6.07) is 0. The Morgan fingerprint density at radius 2 is 1.03 bits per heavy atom. The lowest BCUT2D eigenvalue weighted by atomic mass is 9.93. The van der Waals surface area contributed by atoms with Gasteiger partial charge in [0.15, 0.2) is 0 Å². The summed E-state index contributed by atoms with van der Waals surface area (Å²) in [4.78, 5) is 11.6. The van der Waals surface area contributed by atoms with Gasteiger partial charge in [0.25, 0.3) is 0 Å². The highest BCUT2D eigenvalue weighted by molar-refractivity contribution is 5.77. The van der Waals surface area contributed by atoms with Crippen LogP contribution in [0.1, 0.15) is 48.0 Å². The van der Waals surface area contributed by atoms with Crippen molar-refractivity contribution in [3.8, 4) is 0 Å². The zero-order valence-corrected chi connectivity index (χ0v) is 20.8. The van der Waals surface area contributed by atoms with Crippen LogP contribution in [0.2, 0.25) is 0 Å². The van der Waals surface area contributed by atoms with E-state index in [4.69, 9.17) is 28.4 Å². The SMILES string of the molecule is CC(C)(C)CCOCCOCCNC(=O)COCCOCCOCCOCC(C)(C)C. The first kappa shape index (κ1) is 30.2. The van der Waals surface area contributed by atoms with Crippen LogP contribution in [0, 0.1) is 10.8 Å². The van der Waals surface area contributed by atoms with E-state index < -0.39 is 0 Å². The van der Waals surface area contributed by atoms with Gasteiger partial charge in [0.05, 0.1) is 66.1 Å². The average Bonchev–Trinajstić information content (AvgIpc) is 2.65. The molecule has 0 aromatic heterocycles. The van der Waals surface area contributed by atoms with Crippen LogP contribution in [-0.4, -0.2) is 91.7 Å². The van der Waals surface area contributed by atoms with Gasteiger partial charge in [-0.15, -0.1) is 0 Å². The molecule has 1 N–H and O–H groups in total. The molecule has 186 valence electrons. The minimum absolute atomic E-state index is 0.0148. The van der Waals surface area contributed by atoms with Crippen molar-refractivity contribution in [2.24, 2.45) is 10.8 Å². The molecule has 0 spiro atoms. The Bertz CT molecular complexity index is 419. The second-order valence-electron chi connectivity index (χ2n) is 9.78. The smallest absolute Gasteiger partial charge is 0.246 e. The predicted octanol–water partition coefficient (Wildman–Crippen LogP) is 2.68. The molecule has 31 heavy (non-hydrogen) atoms. The quantitative estimate of drug-likeness (QED) is 0.286. The second-order valence-corrected chi connectivity index (χ2v) is 9.78. The molecule has 0 rings (SSSR count). The summed E-state index contributed by atoms with van der Waals surface area (Å²) >= 11 is 0. The van der Waals surface area contributed by atoms with E-state index in [-0.39, 0.29) is 23.3 Å². The fraction of sp³-hybridized carbons (Fsp3) is 0.957. The maximum Gasteiger partial charge on any atom is 0.246 e. The molecule has 8 heteroatoms. The molecule has 0 aromatic carbocycles. The Labute approximate surface area is 189 Å². The van der Waals surface area contributed by atoms with E-state index >= 15 is 0 Å². The van der Waals surface area contributed by atoms with Crippen molar-refractivity contribution in [2.45, 2.75) is 48.0 Å². The third-order valence-corrected chi connectivity index (χ3v) is 3.82. The summed E-state index contributed by atoms with van der Waals surface area (Å²) in [5.74, 6) is -0.163. The van der Waals surface area contributed by atoms with Gasteiger partial charge in [-0.25, -0.2) is 0 Å². The van der Waals surface area contributed by atoms with Crippen molar-refractivity contribution >= 4 is 5.91 Å². The number of hydrogen-bond acceptors (Lipinski definition) is 7. The van der Waals surface area contributed by atoms with Crippen LogP contribution in [0.25, 0.3) is 0 Å². The normalized spacial score (nSPS) is 12.3. The molecule has 1 amide bonds. The molecule has 0 aliphatic carbocycles. The molecule has 0 aliphatic rings. The molecule has 0 saturated heterocycles. The lowest BCUT2D eigenvalue weighted by Gasteiger charge is -2.17. The maximum atomic E-state index is 11.6. The number of hydrogen-bond donors (Lipinski definition) is 1. The molecule has 0 aliphatic heterocycles. The Kier molecular flexibility index (Phi) is 18.3. The van der Waals surface area contributed by atoms with Gasteiger partial charge >= 0.3 is 0 Å². The maximum absolute atomic E-state index is 11.6. The van der Waals surface area contributed by atoms with Gasteiger partial charge < -0.3 is 33.7 Å². The minimum Gasteiger partial charge on any atom is -0.379 e. The van der Waals surface area contributed by atoms with Gasteiger partial charge in [-0.05, 0) is 17.3 Å². The lowest BCUT2D eigenvalue weighted by Crippen LogP contribution is -2.31. The van der Waals surface area contributed by atoms with Crippen molar-refractivity contribution in [1.29, 1.82) is 0 Å². The van der Waals surface area contributed by atoms with E-state index in [1.165, 1.54) is 0 Å². The molecular weight excluding hydrogens is 402 g/mol. The number of carbonyl (C=O) groups excluding carboxylic acids is 1. The number of rotatable bonds is 20. The van der Waals surface area contributed by atoms with Gasteiger partial charge in [0, 0.05) is 13.2 Å². The van der Waals surface area contributed by atoms with E-state index in [1.807, 2.05) is 0 Å². The van der Waals surface area contributed by atoms with Crippen LogP contribution >= 0.6 is 0 Å². The molecule has 0 atom stereocenters. The van der Waals surface area contributed by atoms with Gasteiger partial charge in [0.1, 0.15) is 6.61 Å². The highest BCUT2D eigenvalue weighted by Crippen LogP contribution is 2.17. The molecule has 0 fully saturated rings. The largest absolute Gasteiger partial charge is 0.379 e. The van der Waals surface area contributed by atoms with Crippen LogP contribution in [0.3, 0.4) is 0 Å². The van der Waals surface area contributed by atoms with E-state index in [2.05, 4.69) is 46.9 Å². The first-order valence-corrected chi connectivity index (χ1v) is 11.3. The van der Waals surface area contributed by atoms with Gasteiger partial charge in [-0.3, -0.25) is 4.79 Å². The Morgan fingerprint density at radius 1 is 0.581 bits per heavy atom. The van der Waals surface area contributed by atoms with Gasteiger partial charge in [0.2, 0.25) is 5.91 Å². The predicted molar refractivity (Wildman–Crippen MR) is 121 cm³/mol. The summed E-state index contributed by atoms with van der Waals surface area (Å²) < 4.78 is 32.5. The topological polar surface area (TPSA) is 84.5 Å². The number of carbonyl (C=O) groups is 1. The van der Waals surface area contributed by atoms with Crippen molar-refractivity contribution in [3.05, 3.63) is 0 Å². The molecule has 0 saturated carbocycles. The Balaban J connectivity index is 3.23. The zero-order valence-electron chi connectivity index (χ0n) is 20.8. The number of nitrogens with one attached hydrogen (secondary N) is 1. The lowest BCUT2D eigenvalue weighted by molar-refractivity contribution is -0.126. The van der Waals surface area contributed by atoms with Crippen molar-refractivity contribution in [3.63, 3.8) is 0 Å². The van der Waals surface area contributed by atoms with E-state index in [0.29, 0.717) is 66.0 Å². The van der Waals surface area contributed by atoms with Gasteiger partial charge in [-0.2, -0.15) is 0 Å². The Morgan fingerprint density at radius 3 is 1.55 bits per heavy atom. The highest BCUT2D eigenvalue weighted by Gasteiger charge is 2.10. The van der Waals surface area contributed by atoms with E-state index in [1.54, 1.807) is 0 Å². The van der Waals surface area contributed by atoms with Crippen molar-refractivity contribution < 1.29 is 33.2 Å². The molecule has 8 nitrogen and oxygen atoms in total. The summed E-state index contributed by atoms with van der Waals surface area (Å²) in [6.45, 7) is 19.4. The van der Waals surface area contributed by atoms with E-state index in [0.717, 1.165) is 19.6 Å². The summed E-state index contributed by atoms with van der Waals surface area (Å²) in [7, 11) is 0.